The molecule has 0 saturated carbocycles. The van der Waals surface area contributed by atoms with Gasteiger partial charge < -0.3 is 9.72 Å². The number of hydrogen-bond donors (Lipinski definition) is 1. The van der Waals surface area contributed by atoms with Crippen molar-refractivity contribution in [1.82, 2.24) is 29.7 Å². The Morgan fingerprint density at radius 3 is 2.81 bits per heavy atom. The van der Waals surface area contributed by atoms with Gasteiger partial charge in [0.1, 0.15) is 10.7 Å². The van der Waals surface area contributed by atoms with Crippen molar-refractivity contribution in [1.29, 1.82) is 0 Å². The molecular weight excluding hydrogens is 408 g/mol. The lowest BCUT2D eigenvalue weighted by Crippen LogP contribution is -2.25. The summed E-state index contributed by atoms with van der Waals surface area (Å²) in [5.74, 6) is -0.108. The maximum absolute atomic E-state index is 12.9. The summed E-state index contributed by atoms with van der Waals surface area (Å²) in [6.07, 6.45) is 11.2. The van der Waals surface area contributed by atoms with Crippen LogP contribution in [0.3, 0.4) is 0 Å². The molecule has 0 atom stereocenters. The van der Waals surface area contributed by atoms with Gasteiger partial charge in [-0.3, -0.25) is 19.7 Å². The van der Waals surface area contributed by atoms with Gasteiger partial charge in [-0.15, -0.1) is 11.3 Å². The van der Waals surface area contributed by atoms with E-state index in [0.717, 1.165) is 39.6 Å². The van der Waals surface area contributed by atoms with Crippen LogP contribution in [-0.4, -0.2) is 36.8 Å². The number of nitrogens with zero attached hydrogens (tertiary/aromatic N) is 5. The topological polar surface area (TPSA) is 85.1 Å². The Bertz CT molecular complexity index is 1330. The molecule has 8 heteroatoms. The molecular formula is C23H18N6OS. The second kappa shape index (κ2) is 8.45. The Hall–Kier alpha value is -3.91. The maximum Gasteiger partial charge on any atom is 0.253 e. The first-order chi connectivity index (χ1) is 15.3. The van der Waals surface area contributed by atoms with Gasteiger partial charge in [-0.05, 0) is 36.2 Å². The smallest absolute Gasteiger partial charge is 0.253 e. The van der Waals surface area contributed by atoms with Crippen molar-refractivity contribution in [2.24, 2.45) is 0 Å². The molecule has 0 aliphatic carbocycles. The molecule has 152 valence electrons. The van der Waals surface area contributed by atoms with Crippen molar-refractivity contribution in [2.45, 2.75) is 6.42 Å². The van der Waals surface area contributed by atoms with Crippen LogP contribution < -0.4 is 5.32 Å². The number of aromatic nitrogens is 5. The monoisotopic (exact) mass is 426 g/mol. The summed E-state index contributed by atoms with van der Waals surface area (Å²) in [7, 11) is 0. The Morgan fingerprint density at radius 2 is 1.97 bits per heavy atom. The van der Waals surface area contributed by atoms with Gasteiger partial charge in [-0.2, -0.15) is 0 Å². The quantitative estimate of drug-likeness (QED) is 0.445. The number of carbonyl (C=O) groups is 1. The van der Waals surface area contributed by atoms with Crippen molar-refractivity contribution >= 4 is 22.8 Å². The Labute approximate surface area is 182 Å². The van der Waals surface area contributed by atoms with Gasteiger partial charge in [0.05, 0.1) is 28.7 Å². The third-order valence-electron chi connectivity index (χ3n) is 4.89. The van der Waals surface area contributed by atoms with Gasteiger partial charge in [0.25, 0.3) is 5.91 Å². The second-order valence-corrected chi connectivity index (χ2v) is 7.75. The highest BCUT2D eigenvalue weighted by Gasteiger charge is 2.18. The molecule has 0 saturated heterocycles. The summed E-state index contributed by atoms with van der Waals surface area (Å²) in [6.45, 7) is 0.539. The average Bonchev–Trinajstić information content (AvgIpc) is 3.46. The van der Waals surface area contributed by atoms with Gasteiger partial charge in [-0.25, -0.2) is 4.98 Å². The van der Waals surface area contributed by atoms with E-state index in [1.807, 2.05) is 58.6 Å². The molecule has 0 radical (unpaired) electrons. The summed E-state index contributed by atoms with van der Waals surface area (Å²) in [6, 6.07) is 11.6. The number of rotatable bonds is 6. The Balaban J connectivity index is 1.42. The molecule has 5 aromatic rings. The number of carbonyl (C=O) groups excluding carboxylic acids is 1. The highest BCUT2D eigenvalue weighted by atomic mass is 32.1. The molecule has 5 rings (SSSR count). The fourth-order valence-corrected chi connectivity index (χ4v) is 4.19. The minimum Gasteiger partial charge on any atom is -0.352 e. The fourth-order valence-electron chi connectivity index (χ4n) is 3.41. The van der Waals surface area contributed by atoms with Crippen LogP contribution in [0, 0.1) is 0 Å². The Morgan fingerprint density at radius 1 is 1.03 bits per heavy atom. The molecule has 0 unspecified atom stereocenters. The van der Waals surface area contributed by atoms with Crippen LogP contribution in [0.4, 0.5) is 0 Å². The van der Waals surface area contributed by atoms with Crippen molar-refractivity contribution in [3.05, 3.63) is 90.1 Å². The molecule has 0 aliphatic heterocycles. The Kier molecular flexibility index (Phi) is 5.20. The molecule has 0 spiro atoms. The summed E-state index contributed by atoms with van der Waals surface area (Å²) in [5, 5.41) is 5.78. The van der Waals surface area contributed by atoms with Crippen LogP contribution in [0.1, 0.15) is 15.9 Å². The molecule has 1 N–H and O–H groups in total. The van der Waals surface area contributed by atoms with E-state index in [1.54, 1.807) is 24.8 Å². The van der Waals surface area contributed by atoms with Gasteiger partial charge >= 0.3 is 0 Å². The van der Waals surface area contributed by atoms with Gasteiger partial charge in [0.15, 0.2) is 0 Å². The second-order valence-electron chi connectivity index (χ2n) is 6.89. The molecule has 0 fully saturated rings. The molecule has 31 heavy (non-hydrogen) atoms. The highest BCUT2D eigenvalue weighted by Crippen LogP contribution is 2.30. The third kappa shape index (κ3) is 3.93. The minimum absolute atomic E-state index is 0.108. The van der Waals surface area contributed by atoms with E-state index < -0.39 is 0 Å². The van der Waals surface area contributed by atoms with Crippen molar-refractivity contribution in [3.63, 3.8) is 0 Å². The van der Waals surface area contributed by atoms with Gasteiger partial charge in [0.2, 0.25) is 0 Å². The predicted octanol–water partition coefficient (Wildman–Crippen LogP) is 3.89. The first kappa shape index (κ1) is 19.1. The number of thiazole rings is 1. The summed E-state index contributed by atoms with van der Waals surface area (Å²) in [4.78, 5) is 30.2. The van der Waals surface area contributed by atoms with E-state index >= 15 is 0 Å². The maximum atomic E-state index is 12.9. The van der Waals surface area contributed by atoms with E-state index in [2.05, 4.69) is 20.3 Å². The first-order valence-corrected chi connectivity index (χ1v) is 10.7. The van der Waals surface area contributed by atoms with Crippen LogP contribution >= 0.6 is 11.3 Å². The molecule has 5 heterocycles. The molecule has 7 nitrogen and oxygen atoms in total. The van der Waals surface area contributed by atoms with E-state index in [9.17, 15) is 4.79 Å². The predicted molar refractivity (Wildman–Crippen MR) is 120 cm³/mol. The summed E-state index contributed by atoms with van der Waals surface area (Å²) >= 11 is 1.50. The van der Waals surface area contributed by atoms with Crippen LogP contribution in [0.15, 0.2) is 79.0 Å². The van der Waals surface area contributed by atoms with Crippen LogP contribution in [0.2, 0.25) is 0 Å². The summed E-state index contributed by atoms with van der Waals surface area (Å²) < 4.78 is 1.99. The molecule has 5 aromatic heterocycles. The standard InChI is InChI=1S/C23H18N6OS/c30-22(27-8-6-16-4-3-7-24-13-16)17-12-21(29-11-2-1-5-20(17)29)19-15-31-23(28-19)18-14-25-9-10-26-18/h1-5,7,9-15H,6,8H2,(H,27,30). The van der Waals surface area contributed by atoms with Crippen LogP contribution in [-0.2, 0) is 6.42 Å². The number of fused-ring (bicyclic) bond motifs is 1. The van der Waals surface area contributed by atoms with Crippen molar-refractivity contribution in [2.75, 3.05) is 6.54 Å². The first-order valence-electron chi connectivity index (χ1n) is 9.79. The molecule has 0 bridgehead atoms. The number of hydrogen-bond acceptors (Lipinski definition) is 6. The fraction of sp³-hybridized carbons (Fsp3) is 0.0870. The zero-order valence-corrected chi connectivity index (χ0v) is 17.3. The van der Waals surface area contributed by atoms with Gasteiger partial charge in [0, 0.05) is 42.9 Å². The number of pyridine rings is 2. The highest BCUT2D eigenvalue weighted by molar-refractivity contribution is 7.13. The van der Waals surface area contributed by atoms with Gasteiger partial charge in [-0.1, -0.05) is 12.1 Å². The van der Waals surface area contributed by atoms with E-state index in [0.29, 0.717) is 12.1 Å². The van der Waals surface area contributed by atoms with E-state index in [-0.39, 0.29) is 5.91 Å². The van der Waals surface area contributed by atoms with E-state index in [4.69, 9.17) is 4.98 Å². The largest absolute Gasteiger partial charge is 0.352 e. The SMILES string of the molecule is O=C(NCCc1cccnc1)c1cc(-c2csc(-c3cnccn3)n2)n2ccccc12. The number of nitrogens with one attached hydrogen (secondary N) is 1. The minimum atomic E-state index is -0.108. The van der Waals surface area contributed by atoms with Crippen molar-refractivity contribution in [3.8, 4) is 22.1 Å². The normalized spacial score (nSPS) is 11.0. The zero-order valence-electron chi connectivity index (χ0n) is 16.5. The molecule has 1 amide bonds. The number of amides is 1. The average molecular weight is 427 g/mol. The molecule has 0 aliphatic rings. The summed E-state index contributed by atoms with van der Waals surface area (Å²) in [5.41, 5.74) is 4.93. The lowest BCUT2D eigenvalue weighted by molar-refractivity contribution is 0.0956. The zero-order chi connectivity index (χ0) is 21.0. The lowest BCUT2D eigenvalue weighted by Gasteiger charge is -2.04. The van der Waals surface area contributed by atoms with Crippen LogP contribution in [0.25, 0.3) is 27.6 Å². The lowest BCUT2D eigenvalue weighted by atomic mass is 10.2. The third-order valence-corrected chi connectivity index (χ3v) is 5.76. The molecule has 0 aromatic carbocycles. The van der Waals surface area contributed by atoms with Crippen LogP contribution in [0.5, 0.6) is 0 Å². The van der Waals surface area contributed by atoms with E-state index in [1.165, 1.54) is 11.3 Å². The van der Waals surface area contributed by atoms with Crippen molar-refractivity contribution < 1.29 is 4.79 Å².